The summed E-state index contributed by atoms with van der Waals surface area (Å²) in [6, 6.07) is 5.52. The van der Waals surface area contributed by atoms with E-state index in [0.29, 0.717) is 13.1 Å². The number of benzene rings is 1. The van der Waals surface area contributed by atoms with Gasteiger partial charge in [0.25, 0.3) is 0 Å². The largest absolute Gasteiger partial charge is 0.478 e. The van der Waals surface area contributed by atoms with Crippen LogP contribution in [-0.4, -0.2) is 54.3 Å². The number of nitrogens with one attached hydrogen (secondary N) is 2. The Bertz CT molecular complexity index is 758. The minimum Gasteiger partial charge on any atom is -0.478 e. The smallest absolute Gasteiger partial charge is 0.407 e. The molecular weight excluding hydrogens is 408 g/mol. The van der Waals surface area contributed by atoms with E-state index in [9.17, 15) is 19.2 Å². The maximum atomic E-state index is 11.9. The molecule has 0 heterocycles. The molecule has 0 atom stereocenters. The SMILES string of the molecule is CC(C)(C)OC(=O)NCCCCCCNC(=O)COOC(=O)c1ccccc1C(=O)O. The fourth-order valence-electron chi connectivity index (χ4n) is 2.42. The Morgan fingerprint density at radius 1 is 0.903 bits per heavy atom. The first kappa shape index (κ1) is 25.9. The summed E-state index contributed by atoms with van der Waals surface area (Å²) in [6.45, 7) is 5.85. The molecule has 31 heavy (non-hydrogen) atoms. The summed E-state index contributed by atoms with van der Waals surface area (Å²) in [4.78, 5) is 55.2. The first-order valence-electron chi connectivity index (χ1n) is 10.00. The van der Waals surface area contributed by atoms with Crippen molar-refractivity contribution in [2.45, 2.75) is 52.1 Å². The number of unbranched alkanes of at least 4 members (excludes halogenated alkanes) is 3. The van der Waals surface area contributed by atoms with Gasteiger partial charge in [0.2, 0.25) is 5.91 Å². The van der Waals surface area contributed by atoms with Gasteiger partial charge in [-0.15, -0.1) is 0 Å². The second kappa shape index (κ2) is 13.2. The van der Waals surface area contributed by atoms with Gasteiger partial charge in [-0.05, 0) is 45.7 Å². The molecule has 0 unspecified atom stereocenters. The van der Waals surface area contributed by atoms with E-state index in [-0.39, 0.29) is 11.1 Å². The maximum absolute atomic E-state index is 11.9. The van der Waals surface area contributed by atoms with Crippen LogP contribution in [-0.2, 0) is 19.3 Å². The van der Waals surface area contributed by atoms with Gasteiger partial charge in [-0.25, -0.2) is 14.4 Å². The molecule has 0 aliphatic heterocycles. The molecule has 0 fully saturated rings. The predicted molar refractivity (Wildman–Crippen MR) is 110 cm³/mol. The second-order valence-electron chi connectivity index (χ2n) is 7.68. The minimum absolute atomic E-state index is 0.170. The Morgan fingerprint density at radius 3 is 2.06 bits per heavy atom. The maximum Gasteiger partial charge on any atom is 0.407 e. The van der Waals surface area contributed by atoms with Crippen molar-refractivity contribution in [3.8, 4) is 0 Å². The van der Waals surface area contributed by atoms with E-state index in [4.69, 9.17) is 9.84 Å². The number of carbonyl (C=O) groups is 4. The van der Waals surface area contributed by atoms with E-state index in [1.807, 2.05) is 0 Å². The van der Waals surface area contributed by atoms with Gasteiger partial charge < -0.3 is 20.5 Å². The molecule has 2 amide bonds. The highest BCUT2D eigenvalue weighted by Crippen LogP contribution is 2.10. The molecule has 10 nitrogen and oxygen atoms in total. The number of aromatic carboxylic acids is 1. The fourth-order valence-corrected chi connectivity index (χ4v) is 2.42. The zero-order valence-corrected chi connectivity index (χ0v) is 18.1. The van der Waals surface area contributed by atoms with E-state index in [1.165, 1.54) is 24.3 Å². The second-order valence-corrected chi connectivity index (χ2v) is 7.68. The van der Waals surface area contributed by atoms with Gasteiger partial charge in [-0.3, -0.25) is 9.68 Å². The molecule has 1 rings (SSSR count). The monoisotopic (exact) mass is 438 g/mol. The van der Waals surface area contributed by atoms with E-state index in [1.54, 1.807) is 20.8 Å². The Hall–Kier alpha value is -3.14. The van der Waals surface area contributed by atoms with Gasteiger partial charge in [0.15, 0.2) is 6.61 Å². The van der Waals surface area contributed by atoms with E-state index in [2.05, 4.69) is 20.4 Å². The summed E-state index contributed by atoms with van der Waals surface area (Å²) in [7, 11) is 0. The van der Waals surface area contributed by atoms with Gasteiger partial charge in [-0.2, -0.15) is 4.89 Å². The van der Waals surface area contributed by atoms with Crippen molar-refractivity contribution in [1.29, 1.82) is 0 Å². The summed E-state index contributed by atoms with van der Waals surface area (Å²) in [5, 5.41) is 14.3. The Kier molecular flexibility index (Phi) is 11.0. The molecule has 0 saturated heterocycles. The fraction of sp³-hybridized carbons (Fsp3) is 0.524. The lowest BCUT2D eigenvalue weighted by molar-refractivity contribution is -0.237. The van der Waals surface area contributed by atoms with Gasteiger partial charge in [0.1, 0.15) is 5.60 Å². The third-order valence-electron chi connectivity index (χ3n) is 3.80. The molecule has 0 radical (unpaired) electrons. The lowest BCUT2D eigenvalue weighted by atomic mass is 10.1. The molecule has 0 aliphatic rings. The lowest BCUT2D eigenvalue weighted by Crippen LogP contribution is -2.33. The number of rotatable bonds is 12. The van der Waals surface area contributed by atoms with Crippen LogP contribution >= 0.6 is 0 Å². The third-order valence-corrected chi connectivity index (χ3v) is 3.80. The molecule has 3 N–H and O–H groups in total. The number of alkyl carbamates (subject to hydrolysis) is 1. The van der Waals surface area contributed by atoms with E-state index < -0.39 is 36.1 Å². The number of carboxylic acids is 1. The number of carbonyl (C=O) groups excluding carboxylic acids is 3. The summed E-state index contributed by atoms with van der Waals surface area (Å²) in [5.41, 5.74) is -0.911. The van der Waals surface area contributed by atoms with Crippen LogP contribution in [0.5, 0.6) is 0 Å². The van der Waals surface area contributed by atoms with Crippen molar-refractivity contribution in [1.82, 2.24) is 10.6 Å². The number of hydrogen-bond donors (Lipinski definition) is 3. The third kappa shape index (κ3) is 11.6. The lowest BCUT2D eigenvalue weighted by Gasteiger charge is -2.19. The van der Waals surface area contributed by atoms with E-state index in [0.717, 1.165) is 25.7 Å². The highest BCUT2D eigenvalue weighted by Gasteiger charge is 2.18. The minimum atomic E-state index is -1.27. The molecule has 0 bridgehead atoms. The molecule has 10 heteroatoms. The van der Waals surface area contributed by atoms with E-state index >= 15 is 0 Å². The number of carboxylic acid groups (broad SMARTS) is 1. The van der Waals surface area contributed by atoms with Crippen LogP contribution in [0.2, 0.25) is 0 Å². The highest BCUT2D eigenvalue weighted by atomic mass is 17.2. The average molecular weight is 438 g/mol. The first-order valence-corrected chi connectivity index (χ1v) is 10.00. The number of hydrogen-bond acceptors (Lipinski definition) is 7. The Balaban J connectivity index is 2.09. The van der Waals surface area contributed by atoms with Crippen molar-refractivity contribution < 1.29 is 38.8 Å². The van der Waals surface area contributed by atoms with Crippen LogP contribution in [0.3, 0.4) is 0 Å². The molecule has 0 aliphatic carbocycles. The van der Waals surface area contributed by atoms with Crippen LogP contribution in [0.15, 0.2) is 24.3 Å². The van der Waals surface area contributed by atoms with Gasteiger partial charge in [0, 0.05) is 13.1 Å². The zero-order chi connectivity index (χ0) is 23.3. The molecule has 1 aromatic carbocycles. The highest BCUT2D eigenvalue weighted by molar-refractivity contribution is 6.02. The molecular formula is C21H30N2O8. The molecule has 0 aromatic heterocycles. The van der Waals surface area contributed by atoms with Gasteiger partial charge in [0.05, 0.1) is 11.1 Å². The summed E-state index contributed by atoms with van der Waals surface area (Å²) < 4.78 is 5.13. The summed E-state index contributed by atoms with van der Waals surface area (Å²) in [6.07, 6.45) is 2.83. The van der Waals surface area contributed by atoms with Gasteiger partial charge >= 0.3 is 18.0 Å². The molecule has 0 saturated carbocycles. The quantitative estimate of drug-likeness (QED) is 0.257. The standard InChI is InChI=1S/C21H30N2O8/c1-21(2,3)30-20(28)23-13-9-5-4-8-12-22-17(24)14-29-31-19(27)16-11-7-6-10-15(16)18(25)26/h6-7,10-11H,4-5,8-9,12-14H2,1-3H3,(H,22,24)(H,23,28)(H,25,26). The van der Waals surface area contributed by atoms with Crippen LogP contribution in [0.1, 0.15) is 67.2 Å². The first-order chi connectivity index (χ1) is 14.6. The van der Waals surface area contributed by atoms with Crippen LogP contribution in [0.4, 0.5) is 4.79 Å². The number of amides is 2. The molecule has 172 valence electrons. The van der Waals surface area contributed by atoms with Crippen LogP contribution < -0.4 is 10.6 Å². The van der Waals surface area contributed by atoms with Crippen LogP contribution in [0, 0.1) is 0 Å². The Morgan fingerprint density at radius 2 is 1.48 bits per heavy atom. The van der Waals surface area contributed by atoms with Crippen molar-refractivity contribution in [2.24, 2.45) is 0 Å². The topological polar surface area (TPSA) is 140 Å². The summed E-state index contributed by atoms with van der Waals surface area (Å²) in [5.74, 6) is -2.73. The van der Waals surface area contributed by atoms with Gasteiger partial charge in [-0.1, -0.05) is 25.0 Å². The van der Waals surface area contributed by atoms with Crippen molar-refractivity contribution in [3.05, 3.63) is 35.4 Å². The van der Waals surface area contributed by atoms with Crippen LogP contribution in [0.25, 0.3) is 0 Å². The molecule has 1 aromatic rings. The van der Waals surface area contributed by atoms with Crippen molar-refractivity contribution in [3.63, 3.8) is 0 Å². The molecule has 0 spiro atoms. The Labute approximate surface area is 181 Å². The number of ether oxygens (including phenoxy) is 1. The van der Waals surface area contributed by atoms with Crippen molar-refractivity contribution in [2.75, 3.05) is 19.7 Å². The zero-order valence-electron chi connectivity index (χ0n) is 18.1. The predicted octanol–water partition coefficient (Wildman–Crippen LogP) is 2.67. The average Bonchev–Trinajstić information content (AvgIpc) is 2.68. The summed E-state index contributed by atoms with van der Waals surface area (Å²) >= 11 is 0. The van der Waals surface area contributed by atoms with Crippen molar-refractivity contribution >= 4 is 23.9 Å². The normalized spacial score (nSPS) is 10.8.